The standard InChI is InChI=1S/C14H15F3O2/c15-14(16,17)11-7-3-1-5-9(11)13(19)10-6-2-4-8-12(10)18/h1,3,5,7,10,13,19H,2,4,6,8H2/t10?,13-/m0/s1. The molecule has 1 fully saturated rings. The molecule has 5 heteroatoms. The number of aliphatic hydroxyl groups is 1. The second kappa shape index (κ2) is 5.33. The molecule has 0 aromatic heterocycles. The van der Waals surface area contributed by atoms with Crippen LogP contribution in [0.4, 0.5) is 13.2 Å². The Labute approximate surface area is 109 Å². The van der Waals surface area contributed by atoms with Crippen LogP contribution in [-0.2, 0) is 11.0 Å². The molecule has 2 rings (SSSR count). The topological polar surface area (TPSA) is 37.3 Å². The molecule has 1 saturated carbocycles. The van der Waals surface area contributed by atoms with Crippen molar-refractivity contribution in [1.29, 1.82) is 0 Å². The van der Waals surface area contributed by atoms with Gasteiger partial charge in [-0.25, -0.2) is 0 Å². The van der Waals surface area contributed by atoms with Crippen molar-refractivity contribution in [3.63, 3.8) is 0 Å². The second-order valence-corrected chi connectivity index (χ2v) is 4.85. The molecule has 2 nitrogen and oxygen atoms in total. The van der Waals surface area contributed by atoms with E-state index in [4.69, 9.17) is 0 Å². The SMILES string of the molecule is O=C1CCCCC1[C@@H](O)c1ccccc1C(F)(F)F. The Kier molecular flexibility index (Phi) is 3.94. The molecule has 0 spiro atoms. The van der Waals surface area contributed by atoms with Crippen molar-refractivity contribution < 1.29 is 23.1 Å². The molecule has 0 radical (unpaired) electrons. The van der Waals surface area contributed by atoms with Crippen molar-refractivity contribution in [2.24, 2.45) is 5.92 Å². The normalized spacial score (nSPS) is 22.3. The largest absolute Gasteiger partial charge is 0.416 e. The molecule has 1 aliphatic carbocycles. The van der Waals surface area contributed by atoms with E-state index in [9.17, 15) is 23.1 Å². The predicted octanol–water partition coefficient (Wildman–Crippen LogP) is 3.50. The van der Waals surface area contributed by atoms with Gasteiger partial charge in [0.1, 0.15) is 5.78 Å². The number of hydrogen-bond acceptors (Lipinski definition) is 2. The van der Waals surface area contributed by atoms with Crippen LogP contribution in [-0.4, -0.2) is 10.9 Å². The minimum absolute atomic E-state index is 0.143. The van der Waals surface area contributed by atoms with Crippen molar-refractivity contribution in [1.82, 2.24) is 0 Å². The van der Waals surface area contributed by atoms with E-state index in [0.29, 0.717) is 12.8 Å². The lowest BCUT2D eigenvalue weighted by Gasteiger charge is -2.27. The molecule has 1 aromatic carbocycles. The molecular formula is C14H15F3O2. The van der Waals surface area contributed by atoms with Crippen LogP contribution in [0.1, 0.15) is 42.9 Å². The molecule has 0 bridgehead atoms. The maximum atomic E-state index is 12.9. The fourth-order valence-electron chi connectivity index (χ4n) is 2.57. The van der Waals surface area contributed by atoms with Crippen molar-refractivity contribution in [3.8, 4) is 0 Å². The zero-order valence-electron chi connectivity index (χ0n) is 10.3. The summed E-state index contributed by atoms with van der Waals surface area (Å²) in [5, 5.41) is 10.1. The molecule has 0 amide bonds. The van der Waals surface area contributed by atoms with Gasteiger partial charge in [-0.05, 0) is 24.5 Å². The minimum atomic E-state index is -4.52. The van der Waals surface area contributed by atoms with Crippen LogP contribution in [0, 0.1) is 5.92 Å². The zero-order valence-corrected chi connectivity index (χ0v) is 10.3. The molecular weight excluding hydrogens is 257 g/mol. The number of carbonyl (C=O) groups excluding carboxylic acids is 1. The maximum absolute atomic E-state index is 12.9. The van der Waals surface area contributed by atoms with Crippen molar-refractivity contribution >= 4 is 5.78 Å². The molecule has 1 N–H and O–H groups in total. The number of carbonyl (C=O) groups is 1. The zero-order chi connectivity index (χ0) is 14.0. The van der Waals surface area contributed by atoms with E-state index in [1.54, 1.807) is 0 Å². The third-order valence-electron chi connectivity index (χ3n) is 3.57. The van der Waals surface area contributed by atoms with Crippen LogP contribution < -0.4 is 0 Å². The molecule has 0 aliphatic heterocycles. The first-order valence-electron chi connectivity index (χ1n) is 6.28. The lowest BCUT2D eigenvalue weighted by molar-refractivity contribution is -0.141. The van der Waals surface area contributed by atoms with E-state index in [0.717, 1.165) is 18.9 Å². The maximum Gasteiger partial charge on any atom is 0.416 e. The fraction of sp³-hybridized carbons (Fsp3) is 0.500. The van der Waals surface area contributed by atoms with Crippen LogP contribution in [0.3, 0.4) is 0 Å². The monoisotopic (exact) mass is 272 g/mol. The average Bonchev–Trinajstić information content (AvgIpc) is 2.37. The third kappa shape index (κ3) is 2.97. The van der Waals surface area contributed by atoms with E-state index in [2.05, 4.69) is 0 Å². The van der Waals surface area contributed by atoms with Crippen molar-refractivity contribution in [2.45, 2.75) is 38.0 Å². The van der Waals surface area contributed by atoms with Gasteiger partial charge in [0.15, 0.2) is 0 Å². The Hall–Kier alpha value is -1.36. The van der Waals surface area contributed by atoms with Crippen molar-refractivity contribution in [2.75, 3.05) is 0 Å². The van der Waals surface area contributed by atoms with E-state index >= 15 is 0 Å². The van der Waals surface area contributed by atoms with Gasteiger partial charge in [0, 0.05) is 12.3 Å². The number of aliphatic hydroxyl groups excluding tert-OH is 1. The number of benzene rings is 1. The highest BCUT2D eigenvalue weighted by Gasteiger charge is 2.38. The molecule has 1 unspecified atom stereocenters. The molecule has 1 aromatic rings. The van der Waals surface area contributed by atoms with Gasteiger partial charge in [-0.1, -0.05) is 24.6 Å². The summed E-state index contributed by atoms with van der Waals surface area (Å²) < 4.78 is 38.6. The van der Waals surface area contributed by atoms with Crippen LogP contribution in [0.5, 0.6) is 0 Å². The molecule has 2 atom stereocenters. The molecule has 0 saturated heterocycles. The van der Waals surface area contributed by atoms with Gasteiger partial charge in [-0.15, -0.1) is 0 Å². The highest BCUT2D eigenvalue weighted by atomic mass is 19.4. The van der Waals surface area contributed by atoms with Gasteiger partial charge < -0.3 is 5.11 Å². The van der Waals surface area contributed by atoms with Gasteiger partial charge in [0.2, 0.25) is 0 Å². The van der Waals surface area contributed by atoms with Gasteiger partial charge >= 0.3 is 6.18 Å². The summed E-state index contributed by atoms with van der Waals surface area (Å²) in [7, 11) is 0. The lowest BCUT2D eigenvalue weighted by Crippen LogP contribution is -2.27. The van der Waals surface area contributed by atoms with Crippen LogP contribution in [0.15, 0.2) is 24.3 Å². The number of hydrogen-bond donors (Lipinski definition) is 1. The quantitative estimate of drug-likeness (QED) is 0.894. The lowest BCUT2D eigenvalue weighted by atomic mass is 9.80. The van der Waals surface area contributed by atoms with Gasteiger partial charge in [0.25, 0.3) is 0 Å². The van der Waals surface area contributed by atoms with Crippen LogP contribution >= 0.6 is 0 Å². The summed E-state index contributed by atoms with van der Waals surface area (Å²) >= 11 is 0. The molecule has 1 aliphatic rings. The fourth-order valence-corrected chi connectivity index (χ4v) is 2.57. The highest BCUT2D eigenvalue weighted by molar-refractivity contribution is 5.82. The second-order valence-electron chi connectivity index (χ2n) is 4.85. The summed E-state index contributed by atoms with van der Waals surface area (Å²) in [6.07, 6.45) is -3.58. The number of halogens is 3. The van der Waals surface area contributed by atoms with Crippen molar-refractivity contribution in [3.05, 3.63) is 35.4 Å². The Morgan fingerprint density at radius 1 is 1.21 bits per heavy atom. The van der Waals surface area contributed by atoms with Crippen LogP contribution in [0.2, 0.25) is 0 Å². The minimum Gasteiger partial charge on any atom is -0.388 e. The Balaban J connectivity index is 2.33. The Morgan fingerprint density at radius 2 is 1.89 bits per heavy atom. The summed E-state index contributed by atoms with van der Waals surface area (Å²) in [5.74, 6) is -0.854. The number of ketones is 1. The first kappa shape index (κ1) is 14.1. The van der Waals surface area contributed by atoms with Gasteiger partial charge in [0.05, 0.1) is 11.7 Å². The molecule has 0 heterocycles. The van der Waals surface area contributed by atoms with Gasteiger partial charge in [-0.3, -0.25) is 4.79 Å². The average molecular weight is 272 g/mol. The summed E-state index contributed by atoms with van der Waals surface area (Å²) in [6, 6.07) is 4.91. The summed E-state index contributed by atoms with van der Waals surface area (Å²) in [6.45, 7) is 0. The first-order chi connectivity index (χ1) is 8.91. The molecule has 19 heavy (non-hydrogen) atoms. The first-order valence-corrected chi connectivity index (χ1v) is 6.28. The van der Waals surface area contributed by atoms with E-state index < -0.39 is 23.8 Å². The van der Waals surface area contributed by atoms with E-state index in [1.807, 2.05) is 0 Å². The third-order valence-corrected chi connectivity index (χ3v) is 3.57. The summed E-state index contributed by atoms with van der Waals surface area (Å²) in [5.41, 5.74) is -1.06. The summed E-state index contributed by atoms with van der Waals surface area (Å²) in [4.78, 5) is 11.7. The number of alkyl halides is 3. The van der Waals surface area contributed by atoms with E-state index in [1.165, 1.54) is 18.2 Å². The Morgan fingerprint density at radius 3 is 2.53 bits per heavy atom. The smallest absolute Gasteiger partial charge is 0.388 e. The highest BCUT2D eigenvalue weighted by Crippen LogP contribution is 2.39. The molecule has 104 valence electrons. The van der Waals surface area contributed by atoms with Crippen LogP contribution in [0.25, 0.3) is 0 Å². The van der Waals surface area contributed by atoms with E-state index in [-0.39, 0.29) is 11.3 Å². The number of Topliss-reactive ketones (excluding diaryl/α,β-unsaturated/α-hetero) is 1. The Bertz CT molecular complexity index is 468. The van der Waals surface area contributed by atoms with Gasteiger partial charge in [-0.2, -0.15) is 13.2 Å². The number of rotatable bonds is 2. The predicted molar refractivity (Wildman–Crippen MR) is 63.4 cm³/mol.